The molecule has 0 radical (unpaired) electrons. The number of benzene rings is 7. The van der Waals surface area contributed by atoms with E-state index in [1.54, 1.807) is 4.80 Å². The monoisotopic (exact) mass is 604 g/mol. The lowest BCUT2D eigenvalue weighted by atomic mass is 10.0. The van der Waals surface area contributed by atoms with Crippen molar-refractivity contribution in [1.82, 2.24) is 15.0 Å². The van der Waals surface area contributed by atoms with Crippen molar-refractivity contribution >= 4 is 28.1 Å². The standard InChI is InChI=1S/C42H28N4O/c1-4-11-29(12-5-1)32-19-22-37-38(25-32)44-46(43-37)36-18-10-17-35(28-36)45-39-23-20-33(30-13-6-2-7-14-30)26-41(39)47-42-27-34(21-24-40(42)45)31-15-8-3-9-16-31/h1-28H. The van der Waals surface area contributed by atoms with Crippen molar-refractivity contribution in [1.29, 1.82) is 0 Å². The topological polar surface area (TPSA) is 43.2 Å². The molecule has 0 saturated heterocycles. The lowest BCUT2D eigenvalue weighted by Gasteiger charge is -2.33. The van der Waals surface area contributed by atoms with E-state index in [1.165, 1.54) is 0 Å². The van der Waals surface area contributed by atoms with E-state index in [-0.39, 0.29) is 0 Å². The number of rotatable bonds is 5. The van der Waals surface area contributed by atoms with E-state index in [0.29, 0.717) is 0 Å². The van der Waals surface area contributed by atoms with Crippen LogP contribution in [0, 0.1) is 0 Å². The van der Waals surface area contributed by atoms with Gasteiger partial charge in [-0.05, 0) is 88.0 Å². The van der Waals surface area contributed by atoms with Crippen molar-refractivity contribution in [2.45, 2.75) is 0 Å². The highest BCUT2D eigenvalue weighted by Gasteiger charge is 2.27. The van der Waals surface area contributed by atoms with Crippen LogP contribution in [0.4, 0.5) is 17.1 Å². The third-order valence-electron chi connectivity index (χ3n) is 8.64. The highest BCUT2D eigenvalue weighted by atomic mass is 16.5. The van der Waals surface area contributed by atoms with E-state index in [2.05, 4.69) is 144 Å². The van der Waals surface area contributed by atoms with E-state index < -0.39 is 0 Å². The summed E-state index contributed by atoms with van der Waals surface area (Å²) in [7, 11) is 0. The van der Waals surface area contributed by atoms with Crippen molar-refractivity contribution in [2.75, 3.05) is 4.90 Å². The Morgan fingerprint density at radius 2 is 0.851 bits per heavy atom. The summed E-state index contributed by atoms with van der Waals surface area (Å²) < 4.78 is 6.68. The molecule has 222 valence electrons. The Kier molecular flexibility index (Phi) is 6.39. The van der Waals surface area contributed by atoms with Gasteiger partial charge in [-0.15, -0.1) is 10.2 Å². The summed E-state index contributed by atoms with van der Waals surface area (Å²) in [6.07, 6.45) is 0. The zero-order valence-corrected chi connectivity index (χ0v) is 25.4. The van der Waals surface area contributed by atoms with Crippen LogP contribution >= 0.6 is 0 Å². The van der Waals surface area contributed by atoms with E-state index >= 15 is 0 Å². The lowest BCUT2D eigenvalue weighted by molar-refractivity contribution is 0.477. The molecule has 9 rings (SSSR count). The molecular weight excluding hydrogens is 576 g/mol. The highest BCUT2D eigenvalue weighted by Crippen LogP contribution is 2.52. The van der Waals surface area contributed by atoms with Gasteiger partial charge in [-0.3, -0.25) is 0 Å². The van der Waals surface area contributed by atoms with E-state index in [1.807, 2.05) is 30.3 Å². The Bertz CT molecular complexity index is 2300. The highest BCUT2D eigenvalue weighted by molar-refractivity contribution is 5.90. The number of aromatic nitrogens is 3. The van der Waals surface area contributed by atoms with E-state index in [0.717, 1.165) is 78.7 Å². The largest absolute Gasteiger partial charge is 0.453 e. The van der Waals surface area contributed by atoms with Crippen LogP contribution in [0.3, 0.4) is 0 Å². The second kappa shape index (κ2) is 11.2. The summed E-state index contributed by atoms with van der Waals surface area (Å²) in [5.74, 6) is 1.59. The second-order valence-corrected chi connectivity index (χ2v) is 11.6. The third-order valence-corrected chi connectivity index (χ3v) is 8.64. The maximum atomic E-state index is 6.68. The van der Waals surface area contributed by atoms with Gasteiger partial charge >= 0.3 is 0 Å². The molecule has 0 aliphatic carbocycles. The van der Waals surface area contributed by atoms with Crippen LogP contribution in [-0.2, 0) is 0 Å². The van der Waals surface area contributed by atoms with E-state index in [9.17, 15) is 0 Å². The Labute approximate surface area is 272 Å². The predicted octanol–water partition coefficient (Wildman–Crippen LogP) is 11.0. The number of fused-ring (bicyclic) bond motifs is 3. The Morgan fingerprint density at radius 1 is 0.362 bits per heavy atom. The minimum absolute atomic E-state index is 0.797. The van der Waals surface area contributed by atoms with Gasteiger partial charge in [0.05, 0.1) is 17.1 Å². The molecule has 0 amide bonds. The third kappa shape index (κ3) is 4.91. The molecule has 1 aromatic heterocycles. The predicted molar refractivity (Wildman–Crippen MR) is 190 cm³/mol. The van der Waals surface area contributed by atoms with Gasteiger partial charge in [0.15, 0.2) is 11.5 Å². The Hall–Kier alpha value is -6.46. The smallest absolute Gasteiger partial charge is 0.152 e. The molecule has 0 atom stereocenters. The van der Waals surface area contributed by atoms with Crippen molar-refractivity contribution in [2.24, 2.45) is 0 Å². The van der Waals surface area contributed by atoms with Crippen LogP contribution in [0.5, 0.6) is 11.5 Å². The molecule has 0 spiro atoms. The Morgan fingerprint density at radius 3 is 1.43 bits per heavy atom. The van der Waals surface area contributed by atoms with Gasteiger partial charge in [0.1, 0.15) is 11.0 Å². The van der Waals surface area contributed by atoms with Crippen molar-refractivity contribution in [3.05, 3.63) is 170 Å². The number of nitrogens with zero attached hydrogens (tertiary/aromatic N) is 4. The van der Waals surface area contributed by atoms with Crippen LogP contribution in [0.2, 0.25) is 0 Å². The van der Waals surface area contributed by atoms with Gasteiger partial charge in [-0.25, -0.2) is 0 Å². The minimum Gasteiger partial charge on any atom is -0.453 e. The molecule has 1 aliphatic rings. The molecule has 7 aromatic carbocycles. The molecule has 0 bridgehead atoms. The molecule has 5 nitrogen and oxygen atoms in total. The summed E-state index contributed by atoms with van der Waals surface area (Å²) in [6, 6.07) is 58.6. The first-order valence-corrected chi connectivity index (χ1v) is 15.7. The summed E-state index contributed by atoms with van der Waals surface area (Å²) in [6.45, 7) is 0. The Balaban J connectivity index is 1.15. The molecule has 0 saturated carbocycles. The average Bonchev–Trinajstić information content (AvgIpc) is 3.58. The minimum atomic E-state index is 0.797. The molecule has 0 N–H and O–H groups in total. The molecule has 0 fully saturated rings. The number of hydrogen-bond donors (Lipinski definition) is 0. The quantitative estimate of drug-likeness (QED) is 0.196. The fourth-order valence-electron chi connectivity index (χ4n) is 6.30. The summed E-state index contributed by atoms with van der Waals surface area (Å²) in [5, 5.41) is 9.74. The van der Waals surface area contributed by atoms with Crippen LogP contribution < -0.4 is 9.64 Å². The van der Waals surface area contributed by atoms with Crippen LogP contribution in [0.15, 0.2) is 170 Å². The van der Waals surface area contributed by atoms with Crippen molar-refractivity contribution in [3.8, 4) is 50.6 Å². The van der Waals surface area contributed by atoms with Crippen LogP contribution in [0.1, 0.15) is 0 Å². The lowest BCUT2D eigenvalue weighted by Crippen LogP contribution is -2.16. The van der Waals surface area contributed by atoms with Gasteiger partial charge in [0.25, 0.3) is 0 Å². The first kappa shape index (κ1) is 26.9. The number of hydrogen-bond acceptors (Lipinski definition) is 4. The molecule has 5 heteroatoms. The van der Waals surface area contributed by atoms with Crippen LogP contribution in [0.25, 0.3) is 50.1 Å². The summed E-state index contributed by atoms with van der Waals surface area (Å²) in [4.78, 5) is 3.99. The number of ether oxygens (including phenoxy) is 1. The fraction of sp³-hybridized carbons (Fsp3) is 0. The molecule has 8 aromatic rings. The van der Waals surface area contributed by atoms with Gasteiger partial charge in [-0.1, -0.05) is 115 Å². The zero-order valence-electron chi connectivity index (χ0n) is 25.4. The van der Waals surface area contributed by atoms with Gasteiger partial charge < -0.3 is 9.64 Å². The maximum absolute atomic E-state index is 6.68. The maximum Gasteiger partial charge on any atom is 0.152 e. The average molecular weight is 605 g/mol. The first-order valence-electron chi connectivity index (χ1n) is 15.7. The molecule has 2 heterocycles. The first-order chi connectivity index (χ1) is 23.3. The van der Waals surface area contributed by atoms with Crippen molar-refractivity contribution < 1.29 is 4.74 Å². The zero-order chi connectivity index (χ0) is 31.2. The van der Waals surface area contributed by atoms with Crippen molar-refractivity contribution in [3.63, 3.8) is 0 Å². The fourth-order valence-corrected chi connectivity index (χ4v) is 6.30. The number of anilines is 3. The molecule has 1 aliphatic heterocycles. The van der Waals surface area contributed by atoms with Crippen LogP contribution in [-0.4, -0.2) is 15.0 Å². The van der Waals surface area contributed by atoms with Gasteiger partial charge in [-0.2, -0.15) is 4.80 Å². The van der Waals surface area contributed by atoms with Gasteiger partial charge in [0, 0.05) is 5.69 Å². The van der Waals surface area contributed by atoms with E-state index in [4.69, 9.17) is 14.9 Å². The van der Waals surface area contributed by atoms with Gasteiger partial charge in [0.2, 0.25) is 0 Å². The SMILES string of the molecule is c1ccc(-c2ccc3c(c2)Oc2cc(-c4ccccc4)ccc2N3c2cccc(-n3nc4ccc(-c5ccccc5)cc4n3)c2)cc1. The molecular formula is C42H28N4O. The summed E-state index contributed by atoms with van der Waals surface area (Å²) in [5.41, 5.74) is 12.2. The normalized spacial score (nSPS) is 12.0. The second-order valence-electron chi connectivity index (χ2n) is 11.6. The molecule has 47 heavy (non-hydrogen) atoms. The molecule has 0 unspecified atom stereocenters. The summed E-state index contributed by atoms with van der Waals surface area (Å²) >= 11 is 0.